The summed E-state index contributed by atoms with van der Waals surface area (Å²) in [7, 11) is 0. The first-order valence-corrected chi connectivity index (χ1v) is 7.27. The highest BCUT2D eigenvalue weighted by atomic mass is 127. The Morgan fingerprint density at radius 2 is 2.07 bits per heavy atom. The Morgan fingerprint density at radius 3 is 2.60 bits per heavy atom. The molecule has 0 radical (unpaired) electrons. The Hall–Kier alpha value is 0.620. The van der Waals surface area contributed by atoms with Crippen LogP contribution in [0.2, 0.25) is 0 Å². The molecule has 2 unspecified atom stereocenters. The largest absolute Gasteiger partial charge is 0.294 e. The van der Waals surface area contributed by atoms with E-state index in [0.717, 1.165) is 20.9 Å². The van der Waals surface area contributed by atoms with Crippen LogP contribution in [0.5, 0.6) is 0 Å². The lowest BCUT2D eigenvalue weighted by molar-refractivity contribution is -0.121. The van der Waals surface area contributed by atoms with E-state index in [0.29, 0.717) is 11.7 Å². The van der Waals surface area contributed by atoms with E-state index in [2.05, 4.69) is 59.3 Å². The zero-order chi connectivity index (χ0) is 11.4. The van der Waals surface area contributed by atoms with Gasteiger partial charge in [-0.3, -0.25) is 4.79 Å². The maximum Gasteiger partial charge on any atom is 0.161 e. The number of allylic oxidation sites excluding steroid dienone is 1. The number of hydrogen-bond donors (Lipinski definition) is 0. The van der Waals surface area contributed by atoms with Crippen molar-refractivity contribution in [1.29, 1.82) is 0 Å². The summed E-state index contributed by atoms with van der Waals surface area (Å²) in [6, 6.07) is 0. The minimum absolute atomic E-state index is 0.0764. The minimum Gasteiger partial charge on any atom is -0.294 e. The van der Waals surface area contributed by atoms with Crippen molar-refractivity contribution in [2.24, 2.45) is 16.7 Å². The fourth-order valence-corrected chi connectivity index (χ4v) is 4.90. The molecule has 1 nitrogen and oxygen atoms in total. The van der Waals surface area contributed by atoms with E-state index >= 15 is 0 Å². The molecule has 2 rings (SSSR count). The third-order valence-corrected chi connectivity index (χ3v) is 5.82. The number of Topliss-reactive ketones (excluding diaryl/α,β-unsaturated/α-hetero) is 1. The van der Waals surface area contributed by atoms with Gasteiger partial charge in [0, 0.05) is 17.4 Å². The lowest BCUT2D eigenvalue weighted by Crippen LogP contribution is -2.43. The van der Waals surface area contributed by atoms with Crippen molar-refractivity contribution in [3.63, 3.8) is 0 Å². The highest BCUT2D eigenvalue weighted by molar-refractivity contribution is 14.1. The molecule has 2 fully saturated rings. The first-order valence-electron chi connectivity index (χ1n) is 5.39. The van der Waals surface area contributed by atoms with Crippen molar-refractivity contribution >= 4 is 44.3 Å². The number of fused-ring (bicyclic) bond motifs is 2. The van der Waals surface area contributed by atoms with Gasteiger partial charge < -0.3 is 0 Å². The van der Waals surface area contributed by atoms with Gasteiger partial charge in [0.1, 0.15) is 0 Å². The molecule has 0 N–H and O–H groups in total. The molecule has 0 aromatic carbocycles. The summed E-state index contributed by atoms with van der Waals surface area (Å²) in [6.07, 6.45) is 3.11. The van der Waals surface area contributed by atoms with Crippen molar-refractivity contribution in [1.82, 2.24) is 0 Å². The zero-order valence-corrected chi connectivity index (χ0v) is 13.1. The molecule has 2 saturated carbocycles. The molecule has 0 amide bonds. The van der Waals surface area contributed by atoms with Crippen LogP contribution in [0.25, 0.3) is 0 Å². The van der Waals surface area contributed by atoms with Crippen LogP contribution in [0.1, 0.15) is 40.0 Å². The van der Waals surface area contributed by atoms with E-state index in [1.165, 1.54) is 6.42 Å². The van der Waals surface area contributed by atoms with Gasteiger partial charge in [-0.25, -0.2) is 0 Å². The van der Waals surface area contributed by atoms with Gasteiger partial charge in [0.15, 0.2) is 5.78 Å². The number of rotatable bonds is 0. The van der Waals surface area contributed by atoms with E-state index < -0.39 is 0 Å². The zero-order valence-electron chi connectivity index (χ0n) is 9.36. The Bertz CT molecular complexity index is 355. The second-order valence-corrected chi connectivity index (χ2v) is 8.91. The number of carbonyl (C=O) groups excluding carboxylic acids is 1. The van der Waals surface area contributed by atoms with Crippen molar-refractivity contribution in [3.05, 3.63) is 8.06 Å². The van der Waals surface area contributed by atoms with Crippen molar-refractivity contribution < 1.29 is 4.79 Å². The topological polar surface area (TPSA) is 17.1 Å². The van der Waals surface area contributed by atoms with Crippen molar-refractivity contribution in [3.8, 4) is 0 Å². The molecule has 0 aromatic heterocycles. The molecule has 3 heteroatoms. The normalized spacial score (nSPS) is 41.9. The Balaban J connectivity index is 2.60. The van der Waals surface area contributed by atoms with Gasteiger partial charge in [0.2, 0.25) is 0 Å². The van der Waals surface area contributed by atoms with E-state index in [4.69, 9.17) is 0 Å². The third-order valence-electron chi connectivity index (χ3n) is 4.89. The lowest BCUT2D eigenvalue weighted by Gasteiger charge is -2.47. The molecule has 0 aliphatic heterocycles. The molecule has 2 aliphatic rings. The minimum atomic E-state index is 0.0764. The summed E-state index contributed by atoms with van der Waals surface area (Å²) < 4.78 is 1.01. The molecular weight excluding hydrogens is 367 g/mol. The average Bonchev–Trinajstić information content (AvgIpc) is 2.28. The van der Waals surface area contributed by atoms with Crippen LogP contribution < -0.4 is 0 Å². The molecule has 84 valence electrons. The second kappa shape index (κ2) is 3.56. The second-order valence-electron chi connectivity index (χ2n) is 5.55. The first-order chi connectivity index (χ1) is 6.80. The van der Waals surface area contributed by atoms with Gasteiger partial charge in [-0.2, -0.15) is 0 Å². The van der Waals surface area contributed by atoms with Crippen LogP contribution in [0.3, 0.4) is 0 Å². The van der Waals surface area contributed by atoms with Gasteiger partial charge in [-0.05, 0) is 62.7 Å². The highest BCUT2D eigenvalue weighted by Gasteiger charge is 2.58. The smallest absolute Gasteiger partial charge is 0.161 e. The average molecular weight is 383 g/mol. The van der Waals surface area contributed by atoms with Crippen LogP contribution in [0.15, 0.2) is 8.06 Å². The predicted octanol–water partition coefficient (Wildman–Crippen LogP) is 4.44. The molecule has 2 aliphatic carbocycles. The summed E-state index contributed by atoms with van der Waals surface area (Å²) in [5, 5.41) is 0. The summed E-state index contributed by atoms with van der Waals surface area (Å²) in [5.74, 6) is 0.947. The molecular formula is C12H16BrIO. The van der Waals surface area contributed by atoms with Crippen LogP contribution in [0.4, 0.5) is 0 Å². The van der Waals surface area contributed by atoms with Crippen molar-refractivity contribution in [2.45, 2.75) is 40.0 Å². The number of carbonyl (C=O) groups is 1. The monoisotopic (exact) mass is 382 g/mol. The molecule has 0 saturated heterocycles. The maximum atomic E-state index is 12.1. The standard InChI is InChI=1S/C12H16BrIO/c1-11(2)7-4-5-12(11,3)9(10(13)14)8(15)6-7/h7H,4-6H2,1-3H3/b10-9+. The maximum absolute atomic E-state index is 12.1. The quantitative estimate of drug-likeness (QED) is 0.447. The summed E-state index contributed by atoms with van der Waals surface area (Å²) >= 11 is 5.74. The van der Waals surface area contributed by atoms with E-state index in [-0.39, 0.29) is 10.8 Å². The predicted molar refractivity (Wildman–Crippen MR) is 74.2 cm³/mol. The number of ketones is 1. The fourth-order valence-electron chi connectivity index (χ4n) is 3.35. The SMILES string of the molecule is CC12CCC(CC(=O)/C1=C(/Br)I)C2(C)C. The molecule has 2 atom stereocenters. The molecule has 0 heterocycles. The highest BCUT2D eigenvalue weighted by Crippen LogP contribution is 2.65. The van der Waals surface area contributed by atoms with Gasteiger partial charge in [0.25, 0.3) is 0 Å². The summed E-state index contributed by atoms with van der Waals surface area (Å²) in [5.41, 5.74) is 1.38. The first kappa shape index (κ1) is 12.1. The lowest BCUT2D eigenvalue weighted by atomic mass is 9.57. The third kappa shape index (κ3) is 1.48. The van der Waals surface area contributed by atoms with Crippen LogP contribution in [-0.4, -0.2) is 5.78 Å². The Labute approximate surface area is 113 Å². The number of hydrogen-bond acceptors (Lipinski definition) is 1. The number of halogens is 2. The fraction of sp³-hybridized carbons (Fsp3) is 0.750. The molecule has 0 spiro atoms. The van der Waals surface area contributed by atoms with Crippen LogP contribution in [0, 0.1) is 16.7 Å². The summed E-state index contributed by atoms with van der Waals surface area (Å²) in [4.78, 5) is 12.1. The summed E-state index contributed by atoms with van der Waals surface area (Å²) in [6.45, 7) is 6.91. The van der Waals surface area contributed by atoms with E-state index in [1.54, 1.807) is 0 Å². The van der Waals surface area contributed by atoms with Crippen molar-refractivity contribution in [2.75, 3.05) is 0 Å². The van der Waals surface area contributed by atoms with Crippen LogP contribution >= 0.6 is 38.5 Å². The molecule has 2 bridgehead atoms. The van der Waals surface area contributed by atoms with Gasteiger partial charge in [-0.15, -0.1) is 0 Å². The molecule has 0 aromatic rings. The Kier molecular flexibility index (Phi) is 2.86. The van der Waals surface area contributed by atoms with E-state index in [9.17, 15) is 4.79 Å². The Morgan fingerprint density at radius 1 is 1.47 bits per heavy atom. The van der Waals surface area contributed by atoms with Gasteiger partial charge in [0.05, 0.1) is 2.49 Å². The van der Waals surface area contributed by atoms with Crippen LogP contribution in [-0.2, 0) is 4.79 Å². The van der Waals surface area contributed by atoms with Gasteiger partial charge in [-0.1, -0.05) is 20.8 Å². The van der Waals surface area contributed by atoms with Gasteiger partial charge >= 0.3 is 0 Å². The molecule has 15 heavy (non-hydrogen) atoms. The van der Waals surface area contributed by atoms with E-state index in [1.807, 2.05) is 0 Å².